The Morgan fingerprint density at radius 1 is 1.11 bits per heavy atom. The maximum absolute atomic E-state index is 13.4. The number of carbonyl (C=O) groups is 1. The molecule has 4 nitrogen and oxygen atoms in total. The van der Waals surface area contributed by atoms with E-state index in [2.05, 4.69) is 22.1 Å². The summed E-state index contributed by atoms with van der Waals surface area (Å²) in [6.07, 6.45) is 8.17. The highest BCUT2D eigenvalue weighted by Crippen LogP contribution is 2.31. The van der Waals surface area contributed by atoms with E-state index in [9.17, 15) is 4.79 Å². The predicted molar refractivity (Wildman–Crippen MR) is 108 cm³/mol. The van der Waals surface area contributed by atoms with Crippen LogP contribution in [0.3, 0.4) is 0 Å². The Bertz CT molecular complexity index is 844. The monoisotopic (exact) mass is 377 g/mol. The van der Waals surface area contributed by atoms with Crippen molar-refractivity contribution in [1.29, 1.82) is 0 Å². The fourth-order valence-corrected chi connectivity index (χ4v) is 4.60. The number of aromatic nitrogens is 2. The Kier molecular flexibility index (Phi) is 5.58. The van der Waals surface area contributed by atoms with E-state index in [4.69, 9.17) is 0 Å². The largest absolute Gasteiger partial charge is 0.342 e. The summed E-state index contributed by atoms with van der Waals surface area (Å²) in [7, 11) is 0. The molecule has 0 spiro atoms. The van der Waals surface area contributed by atoms with Crippen molar-refractivity contribution in [2.24, 2.45) is 0 Å². The van der Waals surface area contributed by atoms with Gasteiger partial charge in [-0.15, -0.1) is 11.3 Å². The van der Waals surface area contributed by atoms with Gasteiger partial charge in [0.2, 0.25) is 5.91 Å². The summed E-state index contributed by atoms with van der Waals surface area (Å²) in [6, 6.07) is 14.1. The molecular weight excluding hydrogens is 354 g/mol. The molecule has 27 heavy (non-hydrogen) atoms. The van der Waals surface area contributed by atoms with Crippen LogP contribution in [0.4, 0.5) is 0 Å². The lowest BCUT2D eigenvalue weighted by Gasteiger charge is -2.34. The first kappa shape index (κ1) is 17.9. The van der Waals surface area contributed by atoms with Gasteiger partial charge in [-0.1, -0.05) is 36.4 Å². The molecule has 1 aliphatic heterocycles. The fourth-order valence-electron chi connectivity index (χ4n) is 3.79. The van der Waals surface area contributed by atoms with Gasteiger partial charge in [0.05, 0.1) is 10.9 Å². The van der Waals surface area contributed by atoms with Crippen LogP contribution in [-0.2, 0) is 11.2 Å². The SMILES string of the molecule is O=C(C(Cc1cccnc1)c1ccccc1)N1CCC(c2nccs2)CC1. The van der Waals surface area contributed by atoms with Crippen molar-refractivity contribution in [3.05, 3.63) is 82.6 Å². The minimum Gasteiger partial charge on any atom is -0.342 e. The molecule has 0 N–H and O–H groups in total. The number of likely N-dealkylation sites (tertiary alicyclic amines) is 1. The summed E-state index contributed by atoms with van der Waals surface area (Å²) < 4.78 is 0. The molecule has 1 unspecified atom stereocenters. The molecule has 2 aromatic heterocycles. The Morgan fingerprint density at radius 2 is 1.93 bits per heavy atom. The van der Waals surface area contributed by atoms with Gasteiger partial charge in [0, 0.05) is 43.0 Å². The Hall–Kier alpha value is -2.53. The second kappa shape index (κ2) is 8.44. The number of benzene rings is 1. The van der Waals surface area contributed by atoms with E-state index in [0.717, 1.165) is 37.1 Å². The van der Waals surface area contributed by atoms with E-state index < -0.39 is 0 Å². The van der Waals surface area contributed by atoms with E-state index in [1.54, 1.807) is 17.5 Å². The summed E-state index contributed by atoms with van der Waals surface area (Å²) in [5, 5.41) is 3.24. The third-order valence-electron chi connectivity index (χ3n) is 5.27. The number of hydrogen-bond donors (Lipinski definition) is 0. The molecule has 1 atom stereocenters. The normalized spacial score (nSPS) is 16.2. The van der Waals surface area contributed by atoms with Gasteiger partial charge in [-0.2, -0.15) is 0 Å². The van der Waals surface area contributed by atoms with Crippen LogP contribution in [0.2, 0.25) is 0 Å². The molecule has 138 valence electrons. The molecule has 5 heteroatoms. The number of hydrogen-bond acceptors (Lipinski definition) is 4. The number of thiazole rings is 1. The van der Waals surface area contributed by atoms with Gasteiger partial charge in [0.25, 0.3) is 0 Å². The maximum Gasteiger partial charge on any atom is 0.230 e. The van der Waals surface area contributed by atoms with E-state index in [1.165, 1.54) is 5.01 Å². The van der Waals surface area contributed by atoms with Gasteiger partial charge in [-0.25, -0.2) is 4.98 Å². The summed E-state index contributed by atoms with van der Waals surface area (Å²) in [5.74, 6) is 0.553. The zero-order valence-electron chi connectivity index (χ0n) is 15.2. The topological polar surface area (TPSA) is 46.1 Å². The molecular formula is C22H23N3OS. The summed E-state index contributed by atoms with van der Waals surface area (Å²) in [5.41, 5.74) is 2.17. The molecule has 4 rings (SSSR count). The lowest BCUT2D eigenvalue weighted by Crippen LogP contribution is -2.41. The summed E-state index contributed by atoms with van der Waals surface area (Å²) in [6.45, 7) is 1.61. The van der Waals surface area contributed by atoms with Crippen molar-refractivity contribution in [3.8, 4) is 0 Å². The molecule has 1 saturated heterocycles. The Labute approximate surface area is 163 Å². The first-order valence-corrected chi connectivity index (χ1v) is 10.3. The zero-order valence-corrected chi connectivity index (χ0v) is 16.0. The van der Waals surface area contributed by atoms with Crippen molar-refractivity contribution in [2.45, 2.75) is 31.1 Å². The Morgan fingerprint density at radius 3 is 2.59 bits per heavy atom. The molecule has 1 aromatic carbocycles. The van der Waals surface area contributed by atoms with Crippen LogP contribution in [0.5, 0.6) is 0 Å². The van der Waals surface area contributed by atoms with Gasteiger partial charge in [-0.3, -0.25) is 9.78 Å². The van der Waals surface area contributed by atoms with Crippen LogP contribution in [0.25, 0.3) is 0 Å². The van der Waals surface area contributed by atoms with E-state index in [-0.39, 0.29) is 11.8 Å². The van der Waals surface area contributed by atoms with Gasteiger partial charge >= 0.3 is 0 Å². The van der Waals surface area contributed by atoms with Crippen LogP contribution < -0.4 is 0 Å². The quantitative estimate of drug-likeness (QED) is 0.667. The van der Waals surface area contributed by atoms with Crippen molar-refractivity contribution in [1.82, 2.24) is 14.9 Å². The molecule has 1 amide bonds. The van der Waals surface area contributed by atoms with Gasteiger partial charge in [-0.05, 0) is 36.5 Å². The predicted octanol–water partition coefficient (Wildman–Crippen LogP) is 4.27. The molecule has 0 bridgehead atoms. The minimum absolute atomic E-state index is 0.160. The van der Waals surface area contributed by atoms with Gasteiger partial charge in [0.15, 0.2) is 0 Å². The number of rotatable bonds is 5. The molecule has 1 fully saturated rings. The molecule has 0 saturated carbocycles. The third-order valence-corrected chi connectivity index (χ3v) is 6.21. The van der Waals surface area contributed by atoms with Gasteiger partial charge in [0.1, 0.15) is 0 Å². The van der Waals surface area contributed by atoms with Crippen molar-refractivity contribution in [3.63, 3.8) is 0 Å². The standard InChI is InChI=1S/C22H23N3OS/c26-22(25-12-8-19(9-13-25)21-24-11-14-27-21)20(18-6-2-1-3-7-18)15-17-5-4-10-23-16-17/h1-7,10-11,14,16,19-20H,8-9,12-13,15H2. The molecule has 3 heterocycles. The number of nitrogens with zero attached hydrogens (tertiary/aromatic N) is 3. The third kappa shape index (κ3) is 4.25. The lowest BCUT2D eigenvalue weighted by molar-refractivity contribution is -0.133. The highest BCUT2D eigenvalue weighted by Gasteiger charge is 2.30. The summed E-state index contributed by atoms with van der Waals surface area (Å²) >= 11 is 1.72. The van der Waals surface area contributed by atoms with Crippen LogP contribution in [0, 0.1) is 0 Å². The lowest BCUT2D eigenvalue weighted by atomic mass is 9.89. The first-order chi connectivity index (χ1) is 13.3. The van der Waals surface area contributed by atoms with Crippen molar-refractivity contribution >= 4 is 17.2 Å². The molecule has 1 aliphatic rings. The summed E-state index contributed by atoms with van der Waals surface area (Å²) in [4.78, 5) is 24.1. The van der Waals surface area contributed by atoms with E-state index in [1.807, 2.05) is 53.0 Å². The number of amides is 1. The Balaban J connectivity index is 1.49. The van der Waals surface area contributed by atoms with Crippen LogP contribution in [-0.4, -0.2) is 33.9 Å². The highest BCUT2D eigenvalue weighted by molar-refractivity contribution is 7.09. The second-order valence-electron chi connectivity index (χ2n) is 7.00. The van der Waals surface area contributed by atoms with Crippen LogP contribution in [0.15, 0.2) is 66.4 Å². The average molecular weight is 378 g/mol. The van der Waals surface area contributed by atoms with Gasteiger partial charge < -0.3 is 4.90 Å². The minimum atomic E-state index is -0.160. The first-order valence-electron chi connectivity index (χ1n) is 9.43. The average Bonchev–Trinajstić information content (AvgIpc) is 3.28. The number of pyridine rings is 1. The van der Waals surface area contributed by atoms with Crippen LogP contribution >= 0.6 is 11.3 Å². The van der Waals surface area contributed by atoms with Crippen LogP contribution in [0.1, 0.15) is 40.8 Å². The van der Waals surface area contributed by atoms with Crippen molar-refractivity contribution in [2.75, 3.05) is 13.1 Å². The fraction of sp³-hybridized carbons (Fsp3) is 0.318. The van der Waals surface area contributed by atoms with E-state index >= 15 is 0 Å². The maximum atomic E-state index is 13.4. The highest BCUT2D eigenvalue weighted by atomic mass is 32.1. The zero-order chi connectivity index (χ0) is 18.5. The number of piperidine rings is 1. The molecule has 0 aliphatic carbocycles. The smallest absolute Gasteiger partial charge is 0.230 e. The second-order valence-corrected chi connectivity index (χ2v) is 7.92. The number of carbonyl (C=O) groups excluding carboxylic acids is 1. The van der Waals surface area contributed by atoms with Crippen molar-refractivity contribution < 1.29 is 4.79 Å². The van der Waals surface area contributed by atoms with E-state index in [0.29, 0.717) is 12.3 Å². The molecule has 3 aromatic rings. The molecule has 0 radical (unpaired) electrons.